The standard InChI is InChI=1S/C15H25NS/c1-10-5-6-14(7-11(10)2)16-9-15-8-12(3)13(4)17-15/h8,10-11,14,16H,5-7,9H2,1-4H3. The molecule has 1 N–H and O–H groups in total. The van der Waals surface area contributed by atoms with Gasteiger partial charge in [0.25, 0.3) is 0 Å². The zero-order valence-corrected chi connectivity index (χ0v) is 12.4. The molecule has 96 valence electrons. The summed E-state index contributed by atoms with van der Waals surface area (Å²) in [6.07, 6.45) is 4.10. The van der Waals surface area contributed by atoms with Crippen molar-refractivity contribution >= 4 is 11.3 Å². The van der Waals surface area contributed by atoms with Crippen LogP contribution in [0.3, 0.4) is 0 Å². The maximum Gasteiger partial charge on any atom is 0.0302 e. The van der Waals surface area contributed by atoms with Gasteiger partial charge in [-0.15, -0.1) is 11.3 Å². The highest BCUT2D eigenvalue weighted by Crippen LogP contribution is 2.29. The summed E-state index contributed by atoms with van der Waals surface area (Å²) in [5.41, 5.74) is 1.44. The molecule has 1 fully saturated rings. The van der Waals surface area contributed by atoms with Crippen molar-refractivity contribution in [2.45, 2.75) is 59.5 Å². The van der Waals surface area contributed by atoms with Crippen LogP contribution in [-0.4, -0.2) is 6.04 Å². The van der Waals surface area contributed by atoms with Crippen molar-refractivity contribution in [3.05, 3.63) is 21.4 Å². The third kappa shape index (κ3) is 3.32. The maximum atomic E-state index is 3.74. The van der Waals surface area contributed by atoms with Crippen LogP contribution in [0.5, 0.6) is 0 Å². The Labute approximate surface area is 110 Å². The number of hydrogen-bond donors (Lipinski definition) is 1. The lowest BCUT2D eigenvalue weighted by atomic mass is 9.79. The smallest absolute Gasteiger partial charge is 0.0302 e. The molecule has 0 aromatic carbocycles. The van der Waals surface area contributed by atoms with Gasteiger partial charge >= 0.3 is 0 Å². The zero-order valence-electron chi connectivity index (χ0n) is 11.5. The Bertz CT molecular complexity index is 349. The van der Waals surface area contributed by atoms with Gasteiger partial charge in [0.1, 0.15) is 0 Å². The Balaban J connectivity index is 1.82. The van der Waals surface area contributed by atoms with Crippen molar-refractivity contribution in [3.8, 4) is 0 Å². The fourth-order valence-electron chi connectivity index (χ4n) is 2.71. The molecule has 1 aromatic rings. The van der Waals surface area contributed by atoms with Crippen LogP contribution in [0.25, 0.3) is 0 Å². The summed E-state index contributed by atoms with van der Waals surface area (Å²) in [7, 11) is 0. The van der Waals surface area contributed by atoms with E-state index in [2.05, 4.69) is 39.1 Å². The van der Waals surface area contributed by atoms with Gasteiger partial charge in [0.2, 0.25) is 0 Å². The van der Waals surface area contributed by atoms with Gasteiger partial charge in [0.05, 0.1) is 0 Å². The average molecular weight is 251 g/mol. The van der Waals surface area contributed by atoms with E-state index in [9.17, 15) is 0 Å². The van der Waals surface area contributed by atoms with Crippen LogP contribution in [0, 0.1) is 25.7 Å². The first kappa shape index (κ1) is 13.1. The molecule has 1 aliphatic carbocycles. The van der Waals surface area contributed by atoms with E-state index in [0.717, 1.165) is 24.4 Å². The second-order valence-electron chi connectivity index (χ2n) is 5.80. The minimum atomic E-state index is 0.740. The fourth-order valence-corrected chi connectivity index (χ4v) is 3.72. The Morgan fingerprint density at radius 2 is 2.00 bits per heavy atom. The van der Waals surface area contributed by atoms with E-state index in [0.29, 0.717) is 0 Å². The molecule has 0 bridgehead atoms. The van der Waals surface area contributed by atoms with E-state index < -0.39 is 0 Å². The molecule has 1 saturated carbocycles. The quantitative estimate of drug-likeness (QED) is 0.845. The van der Waals surface area contributed by atoms with Crippen LogP contribution in [0.1, 0.15) is 48.4 Å². The summed E-state index contributed by atoms with van der Waals surface area (Å²) in [5.74, 6) is 1.80. The van der Waals surface area contributed by atoms with Gasteiger partial charge in [-0.05, 0) is 56.6 Å². The highest BCUT2D eigenvalue weighted by atomic mass is 32.1. The molecule has 1 nitrogen and oxygen atoms in total. The van der Waals surface area contributed by atoms with Crippen molar-refractivity contribution in [3.63, 3.8) is 0 Å². The van der Waals surface area contributed by atoms with E-state index in [1.165, 1.54) is 34.6 Å². The minimum Gasteiger partial charge on any atom is -0.309 e. The summed E-state index contributed by atoms with van der Waals surface area (Å²) in [5, 5.41) is 3.74. The Kier molecular flexibility index (Phi) is 4.26. The Morgan fingerprint density at radius 1 is 1.24 bits per heavy atom. The van der Waals surface area contributed by atoms with Crippen LogP contribution in [-0.2, 0) is 6.54 Å². The SMILES string of the molecule is Cc1cc(CNC2CCC(C)C(C)C2)sc1C. The first-order valence-corrected chi connectivity index (χ1v) is 7.67. The second-order valence-corrected chi connectivity index (χ2v) is 7.14. The van der Waals surface area contributed by atoms with Crippen LogP contribution < -0.4 is 5.32 Å². The fraction of sp³-hybridized carbons (Fsp3) is 0.733. The second kappa shape index (κ2) is 5.53. The van der Waals surface area contributed by atoms with Gasteiger partial charge in [-0.3, -0.25) is 0 Å². The lowest BCUT2D eigenvalue weighted by molar-refractivity contribution is 0.226. The molecule has 0 aliphatic heterocycles. The van der Waals surface area contributed by atoms with Gasteiger partial charge in [-0.25, -0.2) is 0 Å². The number of rotatable bonds is 3. The minimum absolute atomic E-state index is 0.740. The molecule has 2 heteroatoms. The van der Waals surface area contributed by atoms with Crippen LogP contribution in [0.2, 0.25) is 0 Å². The average Bonchev–Trinajstić information content (AvgIpc) is 2.60. The molecule has 17 heavy (non-hydrogen) atoms. The van der Waals surface area contributed by atoms with E-state index in [-0.39, 0.29) is 0 Å². The predicted octanol–water partition coefficient (Wildman–Crippen LogP) is 4.28. The number of hydrogen-bond acceptors (Lipinski definition) is 2. The summed E-state index contributed by atoms with van der Waals surface area (Å²) >= 11 is 1.94. The van der Waals surface area contributed by atoms with Gasteiger partial charge in [0.15, 0.2) is 0 Å². The molecular formula is C15H25NS. The molecule has 0 saturated heterocycles. The Morgan fingerprint density at radius 3 is 2.59 bits per heavy atom. The monoisotopic (exact) mass is 251 g/mol. The van der Waals surface area contributed by atoms with E-state index in [4.69, 9.17) is 0 Å². The molecule has 0 spiro atoms. The van der Waals surface area contributed by atoms with Crippen molar-refractivity contribution in [1.82, 2.24) is 5.32 Å². The third-order valence-electron chi connectivity index (χ3n) is 4.38. The molecule has 1 aromatic heterocycles. The largest absolute Gasteiger partial charge is 0.309 e. The summed E-state index contributed by atoms with van der Waals surface area (Å²) < 4.78 is 0. The molecular weight excluding hydrogens is 226 g/mol. The Hall–Kier alpha value is -0.340. The first-order valence-electron chi connectivity index (χ1n) is 6.85. The molecule has 3 atom stereocenters. The lowest BCUT2D eigenvalue weighted by Gasteiger charge is -2.32. The predicted molar refractivity (Wildman–Crippen MR) is 76.6 cm³/mol. The number of thiophene rings is 1. The van der Waals surface area contributed by atoms with Crippen LogP contribution in [0.4, 0.5) is 0 Å². The summed E-state index contributed by atoms with van der Waals surface area (Å²) in [4.78, 5) is 2.96. The number of aryl methyl sites for hydroxylation is 2. The van der Waals surface area contributed by atoms with Crippen LogP contribution >= 0.6 is 11.3 Å². The van der Waals surface area contributed by atoms with Gasteiger partial charge < -0.3 is 5.32 Å². The van der Waals surface area contributed by atoms with Crippen LogP contribution in [0.15, 0.2) is 6.07 Å². The maximum absolute atomic E-state index is 3.74. The molecule has 2 rings (SSSR count). The molecule has 3 unspecified atom stereocenters. The highest BCUT2D eigenvalue weighted by Gasteiger charge is 2.23. The van der Waals surface area contributed by atoms with E-state index in [1.807, 2.05) is 11.3 Å². The number of nitrogens with one attached hydrogen (secondary N) is 1. The molecule has 1 aliphatic rings. The normalized spacial score (nSPS) is 29.5. The van der Waals surface area contributed by atoms with Crippen molar-refractivity contribution in [2.24, 2.45) is 11.8 Å². The first-order chi connectivity index (χ1) is 8.06. The van der Waals surface area contributed by atoms with Crippen molar-refractivity contribution in [2.75, 3.05) is 0 Å². The molecule has 0 amide bonds. The van der Waals surface area contributed by atoms with Gasteiger partial charge in [-0.1, -0.05) is 13.8 Å². The van der Waals surface area contributed by atoms with E-state index in [1.54, 1.807) is 0 Å². The lowest BCUT2D eigenvalue weighted by Crippen LogP contribution is -2.35. The summed E-state index contributed by atoms with van der Waals surface area (Å²) in [6.45, 7) is 10.3. The van der Waals surface area contributed by atoms with Gasteiger partial charge in [-0.2, -0.15) is 0 Å². The van der Waals surface area contributed by atoms with Crippen molar-refractivity contribution < 1.29 is 0 Å². The highest BCUT2D eigenvalue weighted by molar-refractivity contribution is 7.12. The summed E-state index contributed by atoms with van der Waals surface area (Å²) in [6, 6.07) is 3.07. The van der Waals surface area contributed by atoms with E-state index >= 15 is 0 Å². The van der Waals surface area contributed by atoms with Crippen molar-refractivity contribution in [1.29, 1.82) is 0 Å². The third-order valence-corrected chi connectivity index (χ3v) is 5.53. The molecule has 1 heterocycles. The van der Waals surface area contributed by atoms with Gasteiger partial charge in [0, 0.05) is 22.3 Å². The zero-order chi connectivity index (χ0) is 12.4. The topological polar surface area (TPSA) is 12.0 Å². The molecule has 0 radical (unpaired) electrons.